The molecule has 0 spiro atoms. The Morgan fingerprint density at radius 1 is 1.25 bits per heavy atom. The molecule has 3 nitrogen and oxygen atoms in total. The van der Waals surface area contributed by atoms with Crippen molar-refractivity contribution in [2.45, 2.75) is 38.8 Å². The maximum atomic E-state index is 12.4. The molecule has 0 aliphatic heterocycles. The molecule has 0 fully saturated rings. The summed E-state index contributed by atoms with van der Waals surface area (Å²) in [4.78, 5) is 0. The van der Waals surface area contributed by atoms with Gasteiger partial charge in [-0.15, -0.1) is 10.2 Å². The quantitative estimate of drug-likeness (QED) is 0.873. The minimum absolute atomic E-state index is 0.00315. The van der Waals surface area contributed by atoms with Crippen molar-refractivity contribution < 1.29 is 13.2 Å². The lowest BCUT2D eigenvalue weighted by Crippen LogP contribution is -2.13. The Kier molecular flexibility index (Phi) is 3.72. The molecule has 0 amide bonds. The number of hydrogen-bond acceptors (Lipinski definition) is 3. The summed E-state index contributed by atoms with van der Waals surface area (Å²) < 4.78 is 37.3. The summed E-state index contributed by atoms with van der Waals surface area (Å²) in [6, 6.07) is 1.000. The molecule has 0 saturated heterocycles. The number of nitrogens with zero attached hydrogens (tertiary/aromatic N) is 2. The molecule has 0 aliphatic rings. The zero-order chi connectivity index (χ0) is 12.3. The van der Waals surface area contributed by atoms with E-state index in [2.05, 4.69) is 10.2 Å². The second kappa shape index (κ2) is 4.67. The average molecular weight is 233 g/mol. The highest BCUT2D eigenvalue weighted by molar-refractivity contribution is 5.41. The Balaban J connectivity index is 3.18. The topological polar surface area (TPSA) is 51.8 Å². The van der Waals surface area contributed by atoms with Gasteiger partial charge in [0.05, 0.1) is 0 Å². The Hall–Kier alpha value is -1.33. The van der Waals surface area contributed by atoms with E-state index in [1.807, 2.05) is 13.8 Å². The van der Waals surface area contributed by atoms with Crippen LogP contribution in [0.15, 0.2) is 6.07 Å². The molecule has 6 heteroatoms. The van der Waals surface area contributed by atoms with E-state index in [4.69, 9.17) is 5.73 Å². The van der Waals surface area contributed by atoms with Crippen molar-refractivity contribution in [3.05, 3.63) is 17.3 Å². The van der Waals surface area contributed by atoms with Crippen molar-refractivity contribution in [1.82, 2.24) is 10.2 Å². The second-order valence-corrected chi connectivity index (χ2v) is 3.58. The Labute approximate surface area is 91.9 Å². The van der Waals surface area contributed by atoms with Crippen LogP contribution in [0.2, 0.25) is 0 Å². The van der Waals surface area contributed by atoms with E-state index in [9.17, 15) is 13.2 Å². The van der Waals surface area contributed by atoms with E-state index in [0.717, 1.165) is 18.9 Å². The summed E-state index contributed by atoms with van der Waals surface area (Å²) in [6.45, 7) is 3.81. The van der Waals surface area contributed by atoms with E-state index in [-0.39, 0.29) is 11.7 Å². The normalized spacial score (nSPS) is 12.1. The Bertz CT molecular complexity index is 359. The van der Waals surface area contributed by atoms with Crippen molar-refractivity contribution in [2.24, 2.45) is 0 Å². The lowest BCUT2D eigenvalue weighted by molar-refractivity contribution is -0.141. The van der Waals surface area contributed by atoms with Crippen LogP contribution < -0.4 is 5.73 Å². The first-order valence-electron chi connectivity index (χ1n) is 5.10. The molecule has 0 unspecified atom stereocenters. The van der Waals surface area contributed by atoms with Gasteiger partial charge in [-0.1, -0.05) is 13.8 Å². The van der Waals surface area contributed by atoms with E-state index >= 15 is 0 Å². The summed E-state index contributed by atoms with van der Waals surface area (Å²) in [5, 5.41) is 6.43. The number of aromatic nitrogens is 2. The summed E-state index contributed by atoms with van der Waals surface area (Å²) in [5.41, 5.74) is 5.00. The number of halogens is 3. The number of alkyl halides is 3. The van der Waals surface area contributed by atoms with Crippen LogP contribution in [0.25, 0.3) is 0 Å². The smallest absolute Gasteiger partial charge is 0.382 e. The van der Waals surface area contributed by atoms with Crippen LogP contribution in [-0.4, -0.2) is 10.2 Å². The first-order valence-corrected chi connectivity index (χ1v) is 5.10. The molecular formula is C10H14F3N3. The molecule has 1 heterocycles. The van der Waals surface area contributed by atoms with E-state index in [0.29, 0.717) is 5.56 Å². The van der Waals surface area contributed by atoms with Crippen LogP contribution in [0, 0.1) is 0 Å². The highest BCUT2D eigenvalue weighted by atomic mass is 19.4. The molecule has 1 aromatic rings. The zero-order valence-electron chi connectivity index (χ0n) is 9.17. The van der Waals surface area contributed by atoms with Gasteiger partial charge >= 0.3 is 6.18 Å². The summed E-state index contributed by atoms with van der Waals surface area (Å²) in [5.74, 6) is 0.0818. The molecule has 0 atom stereocenters. The fourth-order valence-corrected chi connectivity index (χ4v) is 1.61. The molecule has 0 aromatic carbocycles. The van der Waals surface area contributed by atoms with Crippen LogP contribution in [0.1, 0.15) is 43.9 Å². The number of nitrogens with two attached hydrogens (primary N) is 1. The van der Waals surface area contributed by atoms with Crippen LogP contribution in [0.3, 0.4) is 0 Å². The molecule has 1 aromatic heterocycles. The largest absolute Gasteiger partial charge is 0.435 e. The highest BCUT2D eigenvalue weighted by Gasteiger charge is 2.34. The van der Waals surface area contributed by atoms with Crippen molar-refractivity contribution in [3.63, 3.8) is 0 Å². The maximum Gasteiger partial charge on any atom is 0.435 e. The summed E-state index contributed by atoms with van der Waals surface area (Å²) in [6.07, 6.45) is -3.02. The lowest BCUT2D eigenvalue weighted by Gasteiger charge is -2.15. The number of anilines is 1. The summed E-state index contributed by atoms with van der Waals surface area (Å²) in [7, 11) is 0. The third kappa shape index (κ3) is 2.62. The van der Waals surface area contributed by atoms with Gasteiger partial charge in [0.2, 0.25) is 0 Å². The second-order valence-electron chi connectivity index (χ2n) is 3.58. The average Bonchev–Trinajstić information content (AvgIpc) is 2.20. The van der Waals surface area contributed by atoms with Crippen molar-refractivity contribution in [3.8, 4) is 0 Å². The highest BCUT2D eigenvalue weighted by Crippen LogP contribution is 2.32. The van der Waals surface area contributed by atoms with Gasteiger partial charge in [-0.2, -0.15) is 13.2 Å². The van der Waals surface area contributed by atoms with Crippen LogP contribution in [0.4, 0.5) is 19.0 Å². The fourth-order valence-electron chi connectivity index (χ4n) is 1.61. The third-order valence-corrected chi connectivity index (χ3v) is 2.57. The van der Waals surface area contributed by atoms with Crippen molar-refractivity contribution in [1.29, 1.82) is 0 Å². The maximum absolute atomic E-state index is 12.4. The molecule has 16 heavy (non-hydrogen) atoms. The molecular weight excluding hydrogens is 219 g/mol. The molecule has 90 valence electrons. The van der Waals surface area contributed by atoms with Gasteiger partial charge in [0.1, 0.15) is 5.82 Å². The predicted octanol–water partition coefficient (Wildman–Crippen LogP) is 2.98. The van der Waals surface area contributed by atoms with Crippen LogP contribution in [-0.2, 0) is 6.18 Å². The molecule has 0 aliphatic carbocycles. The van der Waals surface area contributed by atoms with Crippen LogP contribution in [0.5, 0.6) is 0 Å². The van der Waals surface area contributed by atoms with E-state index in [1.54, 1.807) is 0 Å². The number of nitrogen functional groups attached to an aromatic ring is 1. The van der Waals surface area contributed by atoms with Crippen LogP contribution >= 0.6 is 0 Å². The molecule has 0 saturated carbocycles. The lowest BCUT2D eigenvalue weighted by atomic mass is 9.94. The van der Waals surface area contributed by atoms with Gasteiger partial charge in [-0.3, -0.25) is 0 Å². The molecule has 0 radical (unpaired) electrons. The van der Waals surface area contributed by atoms with E-state index in [1.165, 1.54) is 0 Å². The van der Waals surface area contributed by atoms with Gasteiger partial charge in [0, 0.05) is 5.56 Å². The van der Waals surface area contributed by atoms with Gasteiger partial charge in [0.25, 0.3) is 0 Å². The molecule has 2 N–H and O–H groups in total. The van der Waals surface area contributed by atoms with E-state index < -0.39 is 11.9 Å². The minimum atomic E-state index is -4.47. The van der Waals surface area contributed by atoms with Gasteiger partial charge in [0.15, 0.2) is 5.69 Å². The minimum Gasteiger partial charge on any atom is -0.382 e. The first kappa shape index (κ1) is 12.7. The first-order chi connectivity index (χ1) is 7.40. The van der Waals surface area contributed by atoms with Gasteiger partial charge in [-0.25, -0.2) is 0 Å². The molecule has 1 rings (SSSR count). The zero-order valence-corrected chi connectivity index (χ0v) is 9.17. The monoisotopic (exact) mass is 233 g/mol. The standard InChI is InChI=1S/C10H14F3N3/c1-3-6(4-2)7-5-8(10(11,12)13)15-16-9(7)14/h5-6H,3-4H2,1-2H3,(H2,14,16). The SMILES string of the molecule is CCC(CC)c1cc(C(F)(F)F)nnc1N. The van der Waals surface area contributed by atoms with Crippen molar-refractivity contribution in [2.75, 3.05) is 5.73 Å². The predicted molar refractivity (Wildman–Crippen MR) is 54.8 cm³/mol. The van der Waals surface area contributed by atoms with Crippen molar-refractivity contribution >= 4 is 5.82 Å². The van der Waals surface area contributed by atoms with Gasteiger partial charge < -0.3 is 5.73 Å². The van der Waals surface area contributed by atoms with Gasteiger partial charge in [-0.05, 0) is 24.8 Å². The third-order valence-electron chi connectivity index (χ3n) is 2.57. The number of hydrogen-bond donors (Lipinski definition) is 1. The molecule has 0 bridgehead atoms. The Morgan fingerprint density at radius 2 is 1.81 bits per heavy atom. The number of rotatable bonds is 3. The Morgan fingerprint density at radius 3 is 2.25 bits per heavy atom. The summed E-state index contributed by atoms with van der Waals surface area (Å²) >= 11 is 0. The fraction of sp³-hybridized carbons (Fsp3) is 0.600.